The fraction of sp³-hybridized carbons (Fsp3) is 0.105. The molecule has 0 unspecified atom stereocenters. The molecule has 0 bridgehead atoms. The van der Waals surface area contributed by atoms with Crippen LogP contribution in [0.1, 0.15) is 21.7 Å². The molecule has 128 valence electrons. The van der Waals surface area contributed by atoms with Gasteiger partial charge in [-0.3, -0.25) is 4.79 Å². The zero-order valence-corrected chi connectivity index (χ0v) is 14.2. The lowest BCUT2D eigenvalue weighted by Gasteiger charge is -2.07. The van der Waals surface area contributed by atoms with Gasteiger partial charge in [-0.25, -0.2) is 8.42 Å². The smallest absolute Gasteiger partial charge is 0.251 e. The topological polar surface area (TPSA) is 76.4 Å². The van der Waals surface area contributed by atoms with Crippen LogP contribution < -0.4 is 5.32 Å². The molecule has 1 heterocycles. The van der Waals surface area contributed by atoms with Gasteiger partial charge in [-0.1, -0.05) is 30.3 Å². The summed E-state index contributed by atoms with van der Waals surface area (Å²) < 4.78 is 29.9. The van der Waals surface area contributed by atoms with Crippen LogP contribution in [0.25, 0.3) is 0 Å². The quantitative estimate of drug-likeness (QED) is 0.737. The van der Waals surface area contributed by atoms with E-state index >= 15 is 0 Å². The lowest BCUT2D eigenvalue weighted by atomic mass is 10.1. The summed E-state index contributed by atoms with van der Waals surface area (Å²) >= 11 is 0. The molecule has 0 atom stereocenters. The second-order valence-electron chi connectivity index (χ2n) is 5.53. The number of furan rings is 1. The van der Waals surface area contributed by atoms with Gasteiger partial charge < -0.3 is 9.73 Å². The van der Waals surface area contributed by atoms with E-state index in [2.05, 4.69) is 5.32 Å². The van der Waals surface area contributed by atoms with Gasteiger partial charge in [-0.2, -0.15) is 0 Å². The molecule has 1 amide bonds. The van der Waals surface area contributed by atoms with Crippen molar-refractivity contribution >= 4 is 15.7 Å². The van der Waals surface area contributed by atoms with Gasteiger partial charge in [0.05, 0.1) is 23.5 Å². The van der Waals surface area contributed by atoms with E-state index in [1.54, 1.807) is 73.0 Å². The van der Waals surface area contributed by atoms with Crippen molar-refractivity contribution in [1.82, 2.24) is 5.32 Å². The minimum Gasteiger partial charge on any atom is -0.467 e. The van der Waals surface area contributed by atoms with Crippen LogP contribution in [0.2, 0.25) is 0 Å². The van der Waals surface area contributed by atoms with Crippen molar-refractivity contribution in [3.63, 3.8) is 0 Å². The molecule has 5 nitrogen and oxygen atoms in total. The highest BCUT2D eigenvalue weighted by atomic mass is 32.2. The van der Waals surface area contributed by atoms with Gasteiger partial charge in [0.25, 0.3) is 5.91 Å². The number of amides is 1. The molecule has 0 saturated carbocycles. The van der Waals surface area contributed by atoms with Crippen LogP contribution in [0, 0.1) is 0 Å². The van der Waals surface area contributed by atoms with Crippen LogP contribution in [0.4, 0.5) is 0 Å². The summed E-state index contributed by atoms with van der Waals surface area (Å²) in [6.45, 7) is 0.302. The first-order valence-corrected chi connectivity index (χ1v) is 9.37. The lowest BCUT2D eigenvalue weighted by Crippen LogP contribution is -2.22. The second kappa shape index (κ2) is 7.36. The van der Waals surface area contributed by atoms with Crippen molar-refractivity contribution in [2.45, 2.75) is 17.2 Å². The molecular formula is C19H17NO4S. The lowest BCUT2D eigenvalue weighted by molar-refractivity contribution is 0.0948. The molecule has 25 heavy (non-hydrogen) atoms. The van der Waals surface area contributed by atoms with E-state index in [1.165, 1.54) is 0 Å². The maximum absolute atomic E-state index is 12.4. The largest absolute Gasteiger partial charge is 0.467 e. The van der Waals surface area contributed by atoms with E-state index in [4.69, 9.17) is 4.42 Å². The number of carbonyl (C=O) groups is 1. The molecule has 0 aliphatic heterocycles. The van der Waals surface area contributed by atoms with Crippen molar-refractivity contribution in [1.29, 1.82) is 0 Å². The van der Waals surface area contributed by atoms with Crippen molar-refractivity contribution < 1.29 is 17.6 Å². The summed E-state index contributed by atoms with van der Waals surface area (Å²) in [5.41, 5.74) is 1.10. The first-order chi connectivity index (χ1) is 12.0. The molecule has 1 N–H and O–H groups in total. The van der Waals surface area contributed by atoms with Crippen LogP contribution in [0.3, 0.4) is 0 Å². The number of carbonyl (C=O) groups excluding carboxylic acids is 1. The molecule has 3 aromatic rings. The minimum atomic E-state index is -3.40. The van der Waals surface area contributed by atoms with Gasteiger partial charge in [-0.15, -0.1) is 0 Å². The van der Waals surface area contributed by atoms with Gasteiger partial charge in [-0.05, 0) is 42.0 Å². The maximum atomic E-state index is 12.4. The summed E-state index contributed by atoms with van der Waals surface area (Å²) in [6.07, 6.45) is 1.55. The van der Waals surface area contributed by atoms with Crippen molar-refractivity contribution in [3.05, 3.63) is 89.9 Å². The highest BCUT2D eigenvalue weighted by molar-refractivity contribution is 7.90. The van der Waals surface area contributed by atoms with Crippen LogP contribution in [0.15, 0.2) is 82.3 Å². The number of hydrogen-bond acceptors (Lipinski definition) is 4. The standard InChI is InChI=1S/C19H17NO4S/c21-19(20-13-17-5-4-12-24-17)16-10-8-15(9-11-16)14-25(22,23)18-6-2-1-3-7-18/h1-12H,13-14H2,(H,20,21). The monoisotopic (exact) mass is 355 g/mol. The van der Waals surface area contributed by atoms with E-state index in [-0.39, 0.29) is 16.6 Å². The maximum Gasteiger partial charge on any atom is 0.251 e. The average molecular weight is 355 g/mol. The summed E-state index contributed by atoms with van der Waals surface area (Å²) in [7, 11) is -3.40. The molecule has 0 spiro atoms. The zero-order chi connectivity index (χ0) is 17.7. The fourth-order valence-electron chi connectivity index (χ4n) is 2.37. The highest BCUT2D eigenvalue weighted by Gasteiger charge is 2.15. The molecule has 0 aliphatic carbocycles. The summed E-state index contributed by atoms with van der Waals surface area (Å²) in [5, 5.41) is 2.74. The summed E-state index contributed by atoms with van der Waals surface area (Å²) in [6, 6.07) is 18.4. The van der Waals surface area contributed by atoms with Gasteiger partial charge >= 0.3 is 0 Å². The van der Waals surface area contributed by atoms with Gasteiger partial charge in [0.1, 0.15) is 5.76 Å². The number of nitrogens with one attached hydrogen (secondary N) is 1. The number of hydrogen-bond donors (Lipinski definition) is 1. The Morgan fingerprint density at radius 2 is 1.64 bits per heavy atom. The number of rotatable bonds is 6. The summed E-state index contributed by atoms with van der Waals surface area (Å²) in [5.74, 6) is 0.318. The normalized spacial score (nSPS) is 11.2. The Labute approximate surface area is 146 Å². The van der Waals surface area contributed by atoms with Crippen molar-refractivity contribution in [2.24, 2.45) is 0 Å². The Kier molecular flexibility index (Phi) is 5.00. The molecular weight excluding hydrogens is 338 g/mol. The third kappa shape index (κ3) is 4.36. The van der Waals surface area contributed by atoms with Crippen molar-refractivity contribution in [3.8, 4) is 0 Å². The Balaban J connectivity index is 1.65. The summed E-state index contributed by atoms with van der Waals surface area (Å²) in [4.78, 5) is 12.4. The molecule has 3 rings (SSSR count). The van der Waals surface area contributed by atoms with Crippen LogP contribution in [0.5, 0.6) is 0 Å². The molecule has 2 aromatic carbocycles. The van der Waals surface area contributed by atoms with Gasteiger partial charge in [0, 0.05) is 5.56 Å². The van der Waals surface area contributed by atoms with E-state index in [0.717, 1.165) is 0 Å². The van der Waals surface area contributed by atoms with Crippen LogP contribution >= 0.6 is 0 Å². The molecule has 0 fully saturated rings. The van der Waals surface area contributed by atoms with E-state index in [9.17, 15) is 13.2 Å². The Morgan fingerprint density at radius 3 is 2.28 bits per heavy atom. The van der Waals surface area contributed by atoms with Crippen LogP contribution in [-0.2, 0) is 22.1 Å². The predicted octanol–water partition coefficient (Wildman–Crippen LogP) is 3.18. The van der Waals surface area contributed by atoms with Gasteiger partial charge in [0.2, 0.25) is 0 Å². The van der Waals surface area contributed by atoms with Crippen molar-refractivity contribution in [2.75, 3.05) is 0 Å². The predicted molar refractivity (Wildman–Crippen MR) is 93.7 cm³/mol. The van der Waals surface area contributed by atoms with Gasteiger partial charge in [0.15, 0.2) is 9.84 Å². The fourth-order valence-corrected chi connectivity index (χ4v) is 3.74. The third-order valence-electron chi connectivity index (χ3n) is 3.68. The van der Waals surface area contributed by atoms with Crippen LogP contribution in [-0.4, -0.2) is 14.3 Å². The molecule has 0 saturated heterocycles. The second-order valence-corrected chi connectivity index (χ2v) is 7.52. The first-order valence-electron chi connectivity index (χ1n) is 7.72. The molecule has 1 aromatic heterocycles. The van der Waals surface area contributed by atoms with E-state index in [0.29, 0.717) is 23.4 Å². The SMILES string of the molecule is O=C(NCc1ccco1)c1ccc(CS(=O)(=O)c2ccccc2)cc1. The Hall–Kier alpha value is -2.86. The Bertz CT molecular complexity index is 931. The number of benzene rings is 2. The first kappa shape index (κ1) is 17.0. The Morgan fingerprint density at radius 1 is 0.920 bits per heavy atom. The van der Waals surface area contributed by atoms with E-state index < -0.39 is 9.84 Å². The zero-order valence-electron chi connectivity index (χ0n) is 13.4. The molecule has 0 radical (unpaired) electrons. The average Bonchev–Trinajstić information content (AvgIpc) is 3.14. The minimum absolute atomic E-state index is 0.106. The van der Waals surface area contributed by atoms with E-state index in [1.807, 2.05) is 0 Å². The molecule has 6 heteroatoms. The third-order valence-corrected chi connectivity index (χ3v) is 5.38. The highest BCUT2D eigenvalue weighted by Crippen LogP contribution is 2.16. The number of sulfone groups is 1. The molecule has 0 aliphatic rings.